The molecule has 0 unspecified atom stereocenters. The van der Waals surface area contributed by atoms with Crippen LogP contribution in [0, 0.1) is 0 Å². The van der Waals surface area contributed by atoms with Crippen molar-refractivity contribution in [1.29, 1.82) is 0 Å². The number of alkyl halides is 2. The number of phenolic OH excluding ortho intramolecular Hbond substituents is 1. The van der Waals surface area contributed by atoms with Gasteiger partial charge in [-0.3, -0.25) is 0 Å². The molecular weight excluding hydrogens is 354 g/mol. The molecule has 0 saturated heterocycles. The summed E-state index contributed by atoms with van der Waals surface area (Å²) in [5.41, 5.74) is 1.72. The topological polar surface area (TPSA) is 63.8 Å². The summed E-state index contributed by atoms with van der Waals surface area (Å²) >= 11 is 1.96. The van der Waals surface area contributed by atoms with Gasteiger partial charge in [-0.05, 0) is 52.4 Å². The van der Waals surface area contributed by atoms with E-state index in [1.54, 1.807) is 41.1 Å². The van der Waals surface area contributed by atoms with Gasteiger partial charge in [0.25, 0.3) is 5.76 Å². The van der Waals surface area contributed by atoms with Crippen molar-refractivity contribution in [3.05, 3.63) is 54.1 Å². The molecule has 0 radical (unpaired) electrons. The summed E-state index contributed by atoms with van der Waals surface area (Å²) in [5, 5.41) is 21.5. The van der Waals surface area contributed by atoms with E-state index in [0.717, 1.165) is 11.3 Å². The summed E-state index contributed by atoms with van der Waals surface area (Å²) < 4.78 is 26.2. The molecule has 0 aliphatic heterocycles. The predicted octanol–water partition coefficient (Wildman–Crippen LogP) is 3.97. The smallest absolute Gasteiger partial charge is 0.288 e. The molecule has 0 atom stereocenters. The number of tetrazole rings is 1. The number of phenols is 1. The standard InChI is InChI=1S/C15H12F2N4OS2/c16-14(17)24-13-7-1-10(2-8-13)9-23-15-18-19-20-21(15)11-3-5-12(22)6-4-11/h1-8,14,22H,9H2. The number of benzene rings is 2. The molecule has 0 bridgehead atoms. The van der Waals surface area contributed by atoms with Crippen LogP contribution in [0.1, 0.15) is 5.56 Å². The van der Waals surface area contributed by atoms with Crippen molar-refractivity contribution < 1.29 is 13.9 Å². The van der Waals surface area contributed by atoms with Gasteiger partial charge in [-0.15, -0.1) is 5.10 Å². The number of thioether (sulfide) groups is 2. The molecule has 124 valence electrons. The number of halogens is 2. The normalized spacial score (nSPS) is 11.1. The molecule has 0 saturated carbocycles. The first-order valence-corrected chi connectivity index (χ1v) is 8.73. The Morgan fingerprint density at radius 1 is 1.04 bits per heavy atom. The van der Waals surface area contributed by atoms with Crippen molar-refractivity contribution in [3.63, 3.8) is 0 Å². The fourth-order valence-electron chi connectivity index (χ4n) is 1.94. The van der Waals surface area contributed by atoms with Crippen LogP contribution in [0.4, 0.5) is 8.78 Å². The number of nitrogens with zero attached hydrogens (tertiary/aromatic N) is 4. The summed E-state index contributed by atoms with van der Waals surface area (Å²) in [7, 11) is 0. The maximum atomic E-state index is 12.3. The van der Waals surface area contributed by atoms with E-state index in [4.69, 9.17) is 0 Å². The zero-order valence-corrected chi connectivity index (χ0v) is 13.8. The molecule has 1 aromatic heterocycles. The van der Waals surface area contributed by atoms with Crippen LogP contribution < -0.4 is 0 Å². The minimum Gasteiger partial charge on any atom is -0.508 e. The molecule has 0 fully saturated rings. The highest BCUT2D eigenvalue weighted by molar-refractivity contribution is 7.99. The Bertz CT molecular complexity index is 794. The van der Waals surface area contributed by atoms with Crippen molar-refractivity contribution in [3.8, 4) is 11.4 Å². The Labute approximate surface area is 145 Å². The second kappa shape index (κ2) is 7.63. The molecule has 3 rings (SSSR count). The molecule has 24 heavy (non-hydrogen) atoms. The van der Waals surface area contributed by atoms with E-state index in [1.807, 2.05) is 12.1 Å². The molecule has 3 aromatic rings. The Balaban J connectivity index is 1.67. The molecule has 0 spiro atoms. The summed E-state index contributed by atoms with van der Waals surface area (Å²) in [6.07, 6.45) is 0. The van der Waals surface area contributed by atoms with Gasteiger partial charge in [0.2, 0.25) is 5.16 Å². The van der Waals surface area contributed by atoms with Gasteiger partial charge in [0.05, 0.1) is 5.69 Å². The number of rotatable bonds is 6. The average Bonchev–Trinajstić information content (AvgIpc) is 3.03. The Kier molecular flexibility index (Phi) is 5.31. The van der Waals surface area contributed by atoms with E-state index in [-0.39, 0.29) is 5.75 Å². The number of aromatic hydroxyl groups is 1. The molecule has 0 amide bonds. The highest BCUT2D eigenvalue weighted by Gasteiger charge is 2.10. The maximum absolute atomic E-state index is 12.3. The van der Waals surface area contributed by atoms with Gasteiger partial charge in [-0.2, -0.15) is 13.5 Å². The highest BCUT2D eigenvalue weighted by atomic mass is 32.2. The molecule has 0 aliphatic rings. The predicted molar refractivity (Wildman–Crippen MR) is 88.7 cm³/mol. The average molecular weight is 366 g/mol. The summed E-state index contributed by atoms with van der Waals surface area (Å²) in [4.78, 5) is 0.535. The van der Waals surface area contributed by atoms with Crippen LogP contribution in [0.3, 0.4) is 0 Å². The summed E-state index contributed by atoms with van der Waals surface area (Å²) in [6.45, 7) is 0. The molecule has 2 aromatic carbocycles. The van der Waals surface area contributed by atoms with E-state index < -0.39 is 5.76 Å². The van der Waals surface area contributed by atoms with Crippen LogP contribution >= 0.6 is 23.5 Å². The molecule has 1 N–H and O–H groups in total. The van der Waals surface area contributed by atoms with Gasteiger partial charge in [0.1, 0.15) is 5.75 Å². The van der Waals surface area contributed by atoms with Crippen LogP contribution in [-0.2, 0) is 5.75 Å². The van der Waals surface area contributed by atoms with E-state index in [1.165, 1.54) is 11.8 Å². The Morgan fingerprint density at radius 2 is 1.75 bits per heavy atom. The zero-order valence-electron chi connectivity index (χ0n) is 12.2. The third-order valence-corrected chi connectivity index (χ3v) is 4.76. The van der Waals surface area contributed by atoms with Crippen molar-refractivity contribution in [2.45, 2.75) is 21.6 Å². The number of aromatic nitrogens is 4. The largest absolute Gasteiger partial charge is 0.508 e. The highest BCUT2D eigenvalue weighted by Crippen LogP contribution is 2.27. The van der Waals surface area contributed by atoms with Crippen LogP contribution in [0.25, 0.3) is 5.69 Å². The first kappa shape index (κ1) is 16.7. The van der Waals surface area contributed by atoms with Crippen molar-refractivity contribution in [1.82, 2.24) is 20.2 Å². The quantitative estimate of drug-likeness (QED) is 0.666. The summed E-state index contributed by atoms with van der Waals surface area (Å²) in [5.74, 6) is -1.64. The first-order valence-electron chi connectivity index (χ1n) is 6.86. The van der Waals surface area contributed by atoms with Gasteiger partial charge < -0.3 is 5.11 Å². The van der Waals surface area contributed by atoms with Crippen LogP contribution in [0.5, 0.6) is 5.75 Å². The fraction of sp³-hybridized carbons (Fsp3) is 0.133. The third kappa shape index (κ3) is 4.24. The van der Waals surface area contributed by atoms with E-state index in [2.05, 4.69) is 15.5 Å². The lowest BCUT2D eigenvalue weighted by atomic mass is 10.2. The SMILES string of the molecule is Oc1ccc(-n2nnnc2SCc2ccc(SC(F)F)cc2)cc1. The van der Waals surface area contributed by atoms with Crippen molar-refractivity contribution >= 4 is 23.5 Å². The summed E-state index contributed by atoms with van der Waals surface area (Å²) in [6, 6.07) is 13.5. The first-order chi connectivity index (χ1) is 11.6. The van der Waals surface area contributed by atoms with Gasteiger partial charge in [0.15, 0.2) is 0 Å². The zero-order chi connectivity index (χ0) is 16.9. The molecule has 5 nitrogen and oxygen atoms in total. The van der Waals surface area contributed by atoms with Crippen LogP contribution in [-0.4, -0.2) is 31.1 Å². The third-order valence-electron chi connectivity index (χ3n) is 3.05. The van der Waals surface area contributed by atoms with Crippen molar-refractivity contribution in [2.75, 3.05) is 0 Å². The van der Waals surface area contributed by atoms with E-state index >= 15 is 0 Å². The second-order valence-electron chi connectivity index (χ2n) is 4.70. The lowest BCUT2D eigenvalue weighted by Crippen LogP contribution is -1.98. The minimum absolute atomic E-state index is 0.169. The Hall–Kier alpha value is -2.13. The lowest BCUT2D eigenvalue weighted by molar-refractivity contribution is 0.252. The van der Waals surface area contributed by atoms with Gasteiger partial charge in [0, 0.05) is 10.6 Å². The maximum Gasteiger partial charge on any atom is 0.288 e. The molecule has 9 heteroatoms. The minimum atomic E-state index is -2.42. The monoisotopic (exact) mass is 366 g/mol. The van der Waals surface area contributed by atoms with Gasteiger partial charge in [-0.25, -0.2) is 0 Å². The van der Waals surface area contributed by atoms with Gasteiger partial charge >= 0.3 is 0 Å². The fourth-order valence-corrected chi connectivity index (χ4v) is 3.29. The van der Waals surface area contributed by atoms with E-state index in [0.29, 0.717) is 27.6 Å². The Morgan fingerprint density at radius 3 is 2.42 bits per heavy atom. The van der Waals surface area contributed by atoms with Crippen LogP contribution in [0.2, 0.25) is 0 Å². The molecule has 0 aliphatic carbocycles. The van der Waals surface area contributed by atoms with Gasteiger partial charge in [-0.1, -0.05) is 35.7 Å². The van der Waals surface area contributed by atoms with Crippen LogP contribution in [0.15, 0.2) is 58.6 Å². The number of hydrogen-bond acceptors (Lipinski definition) is 6. The van der Waals surface area contributed by atoms with E-state index in [9.17, 15) is 13.9 Å². The number of hydrogen-bond donors (Lipinski definition) is 1. The lowest BCUT2D eigenvalue weighted by Gasteiger charge is -2.05. The van der Waals surface area contributed by atoms with Crippen molar-refractivity contribution in [2.24, 2.45) is 0 Å². The second-order valence-corrected chi connectivity index (χ2v) is 6.71. The molecular formula is C15H12F2N4OS2. The molecule has 1 heterocycles.